The molecule has 0 atom stereocenters. The van der Waals surface area contributed by atoms with Crippen molar-refractivity contribution < 1.29 is 9.72 Å². The normalized spacial score (nSPS) is 10.1. The molecule has 0 aromatic heterocycles. The lowest BCUT2D eigenvalue weighted by Crippen LogP contribution is -2.31. The summed E-state index contributed by atoms with van der Waals surface area (Å²) in [6.07, 6.45) is 0.712. The third-order valence-electron chi connectivity index (χ3n) is 3.62. The van der Waals surface area contributed by atoms with Crippen LogP contribution in [0.5, 0.6) is 0 Å². The quantitative estimate of drug-likeness (QED) is 0.573. The monoisotopic (exact) mass is 357 g/mol. The largest absolute Gasteiger partial charge is 0.334 e. The maximum Gasteiger partial charge on any atom is 0.283 e. The molecular weight excluding hydrogens is 342 g/mol. The van der Waals surface area contributed by atoms with E-state index < -0.39 is 10.8 Å². The summed E-state index contributed by atoms with van der Waals surface area (Å²) in [6, 6.07) is 13.0. The van der Waals surface area contributed by atoms with Crippen molar-refractivity contribution in [3.05, 3.63) is 74.3 Å². The van der Waals surface area contributed by atoms with Gasteiger partial charge < -0.3 is 4.90 Å². The van der Waals surface area contributed by atoms with Crippen LogP contribution in [0.15, 0.2) is 42.5 Å². The zero-order valence-corrected chi connectivity index (χ0v) is 14.4. The molecule has 0 fully saturated rings. The van der Waals surface area contributed by atoms with Gasteiger partial charge in [-0.2, -0.15) is 5.26 Å². The van der Waals surface area contributed by atoms with Gasteiger partial charge in [0.1, 0.15) is 5.56 Å². The van der Waals surface area contributed by atoms with Crippen molar-refractivity contribution in [3.63, 3.8) is 0 Å². The molecule has 0 bridgehead atoms. The summed E-state index contributed by atoms with van der Waals surface area (Å²) in [7, 11) is 0. The Morgan fingerprint density at radius 2 is 1.96 bits per heavy atom. The number of nitrogens with zero attached hydrogens (tertiary/aromatic N) is 3. The molecule has 1 amide bonds. The van der Waals surface area contributed by atoms with E-state index in [1.807, 2.05) is 13.0 Å². The lowest BCUT2D eigenvalue weighted by molar-refractivity contribution is -0.385. The highest BCUT2D eigenvalue weighted by Gasteiger charge is 2.24. The molecule has 0 aliphatic rings. The van der Waals surface area contributed by atoms with Crippen LogP contribution in [-0.4, -0.2) is 22.3 Å². The molecule has 128 valence electrons. The number of nitro benzene ring substituents is 1. The van der Waals surface area contributed by atoms with E-state index in [4.69, 9.17) is 16.9 Å². The van der Waals surface area contributed by atoms with Crippen molar-refractivity contribution >= 4 is 23.2 Å². The summed E-state index contributed by atoms with van der Waals surface area (Å²) in [4.78, 5) is 25.0. The minimum absolute atomic E-state index is 0.0106. The average molecular weight is 358 g/mol. The highest BCUT2D eigenvalue weighted by atomic mass is 35.5. The van der Waals surface area contributed by atoms with Gasteiger partial charge in [-0.15, -0.1) is 0 Å². The van der Waals surface area contributed by atoms with Crippen LogP contribution in [0.3, 0.4) is 0 Å². The Hall–Kier alpha value is -2.91. The van der Waals surface area contributed by atoms with Gasteiger partial charge >= 0.3 is 0 Å². The second-order valence-electron chi connectivity index (χ2n) is 5.45. The second kappa shape index (κ2) is 8.27. The number of carbonyl (C=O) groups is 1. The minimum Gasteiger partial charge on any atom is -0.334 e. The predicted molar refractivity (Wildman–Crippen MR) is 94.3 cm³/mol. The molecule has 7 heteroatoms. The van der Waals surface area contributed by atoms with Gasteiger partial charge in [0, 0.05) is 24.2 Å². The molecule has 6 nitrogen and oxygen atoms in total. The Labute approximate surface area is 150 Å². The van der Waals surface area contributed by atoms with E-state index in [2.05, 4.69) is 0 Å². The Morgan fingerprint density at radius 1 is 1.28 bits per heavy atom. The number of rotatable bonds is 6. The number of halogens is 1. The zero-order valence-electron chi connectivity index (χ0n) is 13.6. The Bertz CT molecular complexity index is 828. The lowest BCUT2D eigenvalue weighted by atomic mass is 10.1. The van der Waals surface area contributed by atoms with Crippen LogP contribution in [-0.2, 0) is 6.54 Å². The van der Waals surface area contributed by atoms with Crippen molar-refractivity contribution in [1.29, 1.82) is 5.26 Å². The van der Waals surface area contributed by atoms with Crippen LogP contribution in [0.1, 0.15) is 34.8 Å². The molecule has 2 aromatic carbocycles. The number of nitriles is 1. The third kappa shape index (κ3) is 4.55. The summed E-state index contributed by atoms with van der Waals surface area (Å²) in [5, 5.41) is 20.3. The van der Waals surface area contributed by atoms with E-state index in [1.165, 1.54) is 18.2 Å². The Balaban J connectivity index is 2.31. The average Bonchev–Trinajstić information content (AvgIpc) is 2.61. The Morgan fingerprint density at radius 3 is 2.52 bits per heavy atom. The highest BCUT2D eigenvalue weighted by molar-refractivity contribution is 6.31. The van der Waals surface area contributed by atoms with Crippen molar-refractivity contribution in [1.82, 2.24) is 4.90 Å². The summed E-state index contributed by atoms with van der Waals surface area (Å²) < 4.78 is 0. The molecule has 0 unspecified atom stereocenters. The van der Waals surface area contributed by atoms with Crippen LogP contribution in [0.25, 0.3) is 0 Å². The number of benzene rings is 2. The fraction of sp³-hybridized carbons (Fsp3) is 0.222. The zero-order chi connectivity index (χ0) is 18.4. The predicted octanol–water partition coefficient (Wildman–Crippen LogP) is 4.17. The molecule has 0 heterocycles. The number of amides is 1. The van der Waals surface area contributed by atoms with Gasteiger partial charge in [-0.1, -0.05) is 30.7 Å². The number of nitro groups is 1. The maximum absolute atomic E-state index is 12.8. The SMILES string of the molecule is CCCN(Cc1ccc(C#N)cc1)C(=O)c1ccc(Cl)cc1[N+](=O)[O-]. The molecule has 0 saturated heterocycles. The molecule has 0 spiro atoms. The molecule has 0 saturated carbocycles. The van der Waals surface area contributed by atoms with Crippen molar-refractivity contribution in [2.45, 2.75) is 19.9 Å². The van der Waals surface area contributed by atoms with Crippen LogP contribution >= 0.6 is 11.6 Å². The summed E-state index contributed by atoms with van der Waals surface area (Å²) in [5.74, 6) is -0.422. The second-order valence-corrected chi connectivity index (χ2v) is 5.89. The summed E-state index contributed by atoms with van der Waals surface area (Å²) in [5.41, 5.74) is 1.08. The van der Waals surface area contributed by atoms with E-state index in [0.717, 1.165) is 5.56 Å². The first kappa shape index (κ1) is 18.4. The Kier molecular flexibility index (Phi) is 6.09. The van der Waals surface area contributed by atoms with Crippen molar-refractivity contribution in [3.8, 4) is 6.07 Å². The van der Waals surface area contributed by atoms with Gasteiger partial charge in [-0.05, 0) is 36.2 Å². The minimum atomic E-state index is -0.606. The number of hydrogen-bond donors (Lipinski definition) is 0. The van der Waals surface area contributed by atoms with Crippen LogP contribution in [0, 0.1) is 21.4 Å². The van der Waals surface area contributed by atoms with E-state index in [9.17, 15) is 14.9 Å². The fourth-order valence-corrected chi connectivity index (χ4v) is 2.60. The maximum atomic E-state index is 12.8. The molecule has 2 rings (SSSR count). The molecular formula is C18H16ClN3O3. The molecule has 0 aliphatic carbocycles. The van der Waals surface area contributed by atoms with Crippen LogP contribution < -0.4 is 0 Å². The molecule has 0 aliphatic heterocycles. The van der Waals surface area contributed by atoms with E-state index in [1.54, 1.807) is 29.2 Å². The van der Waals surface area contributed by atoms with Crippen LogP contribution in [0.2, 0.25) is 5.02 Å². The van der Waals surface area contributed by atoms with E-state index >= 15 is 0 Å². The van der Waals surface area contributed by atoms with Gasteiger partial charge in [0.2, 0.25) is 0 Å². The van der Waals surface area contributed by atoms with Gasteiger partial charge in [0.25, 0.3) is 11.6 Å². The first-order chi connectivity index (χ1) is 12.0. The van der Waals surface area contributed by atoms with E-state index in [-0.39, 0.29) is 16.3 Å². The standard InChI is InChI=1S/C18H16ClN3O3/c1-2-9-21(12-14-5-3-13(11-20)4-6-14)18(23)16-8-7-15(19)10-17(16)22(24)25/h3-8,10H,2,9,12H2,1H3. The molecule has 25 heavy (non-hydrogen) atoms. The number of hydrogen-bond acceptors (Lipinski definition) is 4. The highest BCUT2D eigenvalue weighted by Crippen LogP contribution is 2.25. The molecule has 2 aromatic rings. The van der Waals surface area contributed by atoms with E-state index in [0.29, 0.717) is 25.1 Å². The fourth-order valence-electron chi connectivity index (χ4n) is 2.43. The molecule has 0 N–H and O–H groups in total. The van der Waals surface area contributed by atoms with Gasteiger partial charge in [0.05, 0.1) is 16.6 Å². The topological polar surface area (TPSA) is 87.2 Å². The van der Waals surface area contributed by atoms with Crippen LogP contribution in [0.4, 0.5) is 5.69 Å². The van der Waals surface area contributed by atoms with Crippen molar-refractivity contribution in [2.75, 3.05) is 6.54 Å². The van der Waals surface area contributed by atoms with Gasteiger partial charge in [-0.25, -0.2) is 0 Å². The molecule has 0 radical (unpaired) electrons. The van der Waals surface area contributed by atoms with Gasteiger partial charge in [-0.3, -0.25) is 14.9 Å². The first-order valence-corrected chi connectivity index (χ1v) is 8.06. The third-order valence-corrected chi connectivity index (χ3v) is 3.86. The smallest absolute Gasteiger partial charge is 0.283 e. The van der Waals surface area contributed by atoms with Gasteiger partial charge in [0.15, 0.2) is 0 Å². The first-order valence-electron chi connectivity index (χ1n) is 7.68. The number of carbonyl (C=O) groups excluding carboxylic acids is 1. The summed E-state index contributed by atoms with van der Waals surface area (Å²) >= 11 is 5.81. The summed E-state index contributed by atoms with van der Waals surface area (Å²) in [6.45, 7) is 2.69. The lowest BCUT2D eigenvalue weighted by Gasteiger charge is -2.22. The van der Waals surface area contributed by atoms with Crippen molar-refractivity contribution in [2.24, 2.45) is 0 Å².